The molecule has 2 aliphatic rings. The highest BCUT2D eigenvalue weighted by atomic mass is 16.5. The molecule has 0 aromatic heterocycles. The van der Waals surface area contributed by atoms with Crippen LogP contribution in [0.1, 0.15) is 82.1 Å². The summed E-state index contributed by atoms with van der Waals surface area (Å²) in [6.45, 7) is 0. The lowest BCUT2D eigenvalue weighted by molar-refractivity contribution is 0.461. The van der Waals surface area contributed by atoms with Crippen molar-refractivity contribution in [3.8, 4) is 11.5 Å². The Morgan fingerprint density at radius 2 is 1.27 bits per heavy atom. The lowest BCUT2D eigenvalue weighted by Gasteiger charge is -2.27. The lowest BCUT2D eigenvalue weighted by Crippen LogP contribution is -2.09. The molecule has 26 heavy (non-hydrogen) atoms. The zero-order chi connectivity index (χ0) is 17.6. The average molecular weight is 350 g/mol. The van der Waals surface area contributed by atoms with Gasteiger partial charge in [-0.15, -0.1) is 0 Å². The summed E-state index contributed by atoms with van der Waals surface area (Å²) in [5.74, 6) is 2.55. The van der Waals surface area contributed by atoms with Gasteiger partial charge in [0, 0.05) is 0 Å². The van der Waals surface area contributed by atoms with Gasteiger partial charge in [-0.3, -0.25) is 0 Å². The van der Waals surface area contributed by atoms with E-state index < -0.39 is 0 Å². The highest BCUT2D eigenvalue weighted by molar-refractivity contribution is 5.78. The van der Waals surface area contributed by atoms with Gasteiger partial charge in [-0.2, -0.15) is 0 Å². The van der Waals surface area contributed by atoms with Crippen LogP contribution in [0, 0.1) is 0 Å². The second kappa shape index (κ2) is 8.62. The van der Waals surface area contributed by atoms with E-state index in [1.54, 1.807) is 0 Å². The minimum atomic E-state index is 0.644. The summed E-state index contributed by atoms with van der Waals surface area (Å²) < 4.78 is 6.18. The van der Waals surface area contributed by atoms with Crippen LogP contribution in [0.15, 0.2) is 42.5 Å². The molecule has 0 unspecified atom stereocenters. The molecule has 0 bridgehead atoms. The van der Waals surface area contributed by atoms with Crippen molar-refractivity contribution in [3.63, 3.8) is 0 Å². The molecular weight excluding hydrogens is 318 g/mol. The number of ether oxygens (including phenoxy) is 1. The molecule has 1 aliphatic heterocycles. The first kappa shape index (κ1) is 17.5. The van der Waals surface area contributed by atoms with Crippen molar-refractivity contribution < 1.29 is 4.74 Å². The maximum absolute atomic E-state index is 6.18. The molecular formula is C24H31NO. The predicted molar refractivity (Wildman–Crippen MR) is 110 cm³/mol. The maximum atomic E-state index is 6.18. The van der Waals surface area contributed by atoms with Crippen molar-refractivity contribution in [2.75, 3.05) is 5.32 Å². The fourth-order valence-electron chi connectivity index (χ4n) is 4.49. The number of hydrogen-bond donors (Lipinski definition) is 1. The number of hydrogen-bond acceptors (Lipinski definition) is 2. The maximum Gasteiger partial charge on any atom is 0.151 e. The molecule has 1 aliphatic carbocycles. The van der Waals surface area contributed by atoms with Crippen LogP contribution in [0.4, 0.5) is 11.4 Å². The van der Waals surface area contributed by atoms with E-state index in [1.165, 1.54) is 81.9 Å². The monoisotopic (exact) mass is 349 g/mol. The first-order valence-electron chi connectivity index (χ1n) is 10.6. The second-order valence-corrected chi connectivity index (χ2v) is 7.90. The molecule has 0 spiro atoms. The summed E-state index contributed by atoms with van der Waals surface area (Å²) in [5.41, 5.74) is 3.73. The first-order valence-corrected chi connectivity index (χ1v) is 10.6. The van der Waals surface area contributed by atoms with E-state index in [0.29, 0.717) is 5.92 Å². The van der Waals surface area contributed by atoms with E-state index in [1.807, 2.05) is 12.1 Å². The molecule has 1 fully saturated rings. The van der Waals surface area contributed by atoms with Gasteiger partial charge >= 0.3 is 0 Å². The number of fused-ring (bicyclic) bond motifs is 2. The van der Waals surface area contributed by atoms with Crippen LogP contribution >= 0.6 is 0 Å². The van der Waals surface area contributed by atoms with Gasteiger partial charge in [0.25, 0.3) is 0 Å². The summed E-state index contributed by atoms with van der Waals surface area (Å²) in [5, 5.41) is 3.67. The van der Waals surface area contributed by atoms with Gasteiger partial charge in [-0.05, 0) is 42.5 Å². The highest BCUT2D eigenvalue weighted by Gasteiger charge is 2.23. The van der Waals surface area contributed by atoms with Crippen LogP contribution in [0.25, 0.3) is 0 Å². The van der Waals surface area contributed by atoms with Crippen molar-refractivity contribution in [3.05, 3.63) is 48.0 Å². The molecule has 4 rings (SSSR count). The number of benzene rings is 2. The topological polar surface area (TPSA) is 21.3 Å². The van der Waals surface area contributed by atoms with Crippen molar-refractivity contribution in [1.29, 1.82) is 0 Å². The van der Waals surface area contributed by atoms with Gasteiger partial charge in [-0.1, -0.05) is 82.1 Å². The van der Waals surface area contributed by atoms with Crippen molar-refractivity contribution in [2.45, 2.75) is 76.5 Å². The third-order valence-electron chi connectivity index (χ3n) is 5.97. The van der Waals surface area contributed by atoms with Gasteiger partial charge in [0.1, 0.15) is 0 Å². The van der Waals surface area contributed by atoms with Crippen LogP contribution in [0.2, 0.25) is 0 Å². The molecule has 2 aromatic rings. The van der Waals surface area contributed by atoms with Gasteiger partial charge in [0.05, 0.1) is 11.4 Å². The molecule has 1 N–H and O–H groups in total. The first-order chi connectivity index (χ1) is 12.9. The van der Waals surface area contributed by atoms with Crippen LogP contribution < -0.4 is 10.1 Å². The van der Waals surface area contributed by atoms with E-state index in [0.717, 1.165) is 17.2 Å². The van der Waals surface area contributed by atoms with E-state index in [9.17, 15) is 0 Å². The fraction of sp³-hybridized carbons (Fsp3) is 0.500. The molecule has 0 amide bonds. The predicted octanol–water partition coefficient (Wildman–Crippen LogP) is 7.92. The zero-order valence-corrected chi connectivity index (χ0v) is 15.8. The normalized spacial score (nSPS) is 19.1. The summed E-state index contributed by atoms with van der Waals surface area (Å²) in [7, 11) is 0. The standard InChI is InChI=1S/C24H31NO/c1-2-4-6-8-13-19(14-9-7-5-3-1)20-15-12-18-23-24(20)25-21-16-10-11-17-22(21)26-23/h10-12,15-19,25H,1-9,13-14H2. The number of para-hydroxylation sites is 3. The minimum Gasteiger partial charge on any atom is -0.453 e. The van der Waals surface area contributed by atoms with Crippen molar-refractivity contribution in [2.24, 2.45) is 0 Å². The Morgan fingerprint density at radius 1 is 0.654 bits per heavy atom. The Balaban J connectivity index is 1.56. The molecule has 2 heteroatoms. The molecule has 0 radical (unpaired) electrons. The Labute approximate surface area is 158 Å². The summed E-state index contributed by atoms with van der Waals surface area (Å²) in [6, 6.07) is 14.8. The molecule has 0 atom stereocenters. The molecule has 1 saturated carbocycles. The van der Waals surface area contributed by atoms with Crippen LogP contribution in [0.5, 0.6) is 11.5 Å². The minimum absolute atomic E-state index is 0.644. The second-order valence-electron chi connectivity index (χ2n) is 7.90. The summed E-state index contributed by atoms with van der Waals surface area (Å²) in [6.07, 6.45) is 15.2. The third-order valence-corrected chi connectivity index (χ3v) is 5.97. The SMILES string of the molecule is c1ccc2c(c1)Nc1c(cccc1C1CCCCCCCCCCC1)O2. The Kier molecular flexibility index (Phi) is 5.78. The number of rotatable bonds is 1. The quantitative estimate of drug-likeness (QED) is 0.481. The molecule has 0 saturated heterocycles. The Hall–Kier alpha value is -1.96. The van der Waals surface area contributed by atoms with E-state index in [-0.39, 0.29) is 0 Å². The van der Waals surface area contributed by atoms with Crippen LogP contribution in [0.3, 0.4) is 0 Å². The Bertz CT molecular complexity index is 712. The zero-order valence-electron chi connectivity index (χ0n) is 15.8. The van der Waals surface area contributed by atoms with Crippen LogP contribution in [-0.2, 0) is 0 Å². The number of nitrogens with one attached hydrogen (secondary N) is 1. The van der Waals surface area contributed by atoms with E-state index in [4.69, 9.17) is 4.74 Å². The Morgan fingerprint density at radius 3 is 2.00 bits per heavy atom. The summed E-state index contributed by atoms with van der Waals surface area (Å²) in [4.78, 5) is 0. The number of anilines is 2. The highest BCUT2D eigenvalue weighted by Crippen LogP contribution is 2.46. The van der Waals surface area contributed by atoms with E-state index in [2.05, 4.69) is 35.6 Å². The fourth-order valence-corrected chi connectivity index (χ4v) is 4.49. The van der Waals surface area contributed by atoms with Gasteiger partial charge in [0.2, 0.25) is 0 Å². The molecule has 2 aromatic carbocycles. The van der Waals surface area contributed by atoms with E-state index >= 15 is 0 Å². The molecule has 1 heterocycles. The summed E-state index contributed by atoms with van der Waals surface area (Å²) >= 11 is 0. The van der Waals surface area contributed by atoms with Crippen molar-refractivity contribution in [1.82, 2.24) is 0 Å². The molecule has 138 valence electrons. The largest absolute Gasteiger partial charge is 0.453 e. The molecule has 2 nitrogen and oxygen atoms in total. The lowest BCUT2D eigenvalue weighted by atomic mass is 9.86. The van der Waals surface area contributed by atoms with Gasteiger partial charge in [-0.25, -0.2) is 0 Å². The average Bonchev–Trinajstić information content (AvgIpc) is 2.66. The smallest absolute Gasteiger partial charge is 0.151 e. The third kappa shape index (κ3) is 4.06. The van der Waals surface area contributed by atoms with Gasteiger partial charge < -0.3 is 10.1 Å². The van der Waals surface area contributed by atoms with Gasteiger partial charge in [0.15, 0.2) is 11.5 Å². The van der Waals surface area contributed by atoms with Crippen LogP contribution in [-0.4, -0.2) is 0 Å². The van der Waals surface area contributed by atoms with Crippen molar-refractivity contribution >= 4 is 11.4 Å².